The predicted octanol–water partition coefficient (Wildman–Crippen LogP) is 1.93. The van der Waals surface area contributed by atoms with Crippen molar-refractivity contribution in [3.05, 3.63) is 36.7 Å². The number of benzene rings is 1. The monoisotopic (exact) mass is 269 g/mol. The molecule has 0 amide bonds. The largest absolute Gasteiger partial charge is 0.284 e. The van der Waals surface area contributed by atoms with E-state index < -0.39 is 10.0 Å². The summed E-state index contributed by atoms with van der Waals surface area (Å²) < 4.78 is 26.3. The Balaban J connectivity index is 2.26. The SMILES string of the molecule is CSc1cccc(NS(=O)(=O)c2cn[nH]c2)c1. The van der Waals surface area contributed by atoms with Gasteiger partial charge in [0.25, 0.3) is 10.0 Å². The molecule has 0 unspecified atom stereocenters. The summed E-state index contributed by atoms with van der Waals surface area (Å²) in [5.41, 5.74) is 0.540. The van der Waals surface area contributed by atoms with Gasteiger partial charge >= 0.3 is 0 Å². The van der Waals surface area contributed by atoms with E-state index in [4.69, 9.17) is 0 Å². The first-order chi connectivity index (χ1) is 8.12. The summed E-state index contributed by atoms with van der Waals surface area (Å²) in [5, 5.41) is 6.09. The third-order valence-electron chi connectivity index (χ3n) is 2.11. The van der Waals surface area contributed by atoms with Crippen molar-refractivity contribution < 1.29 is 8.42 Å². The van der Waals surface area contributed by atoms with Crippen LogP contribution in [0.4, 0.5) is 5.69 Å². The maximum atomic E-state index is 11.9. The molecule has 0 atom stereocenters. The van der Waals surface area contributed by atoms with Crippen molar-refractivity contribution >= 4 is 27.5 Å². The van der Waals surface area contributed by atoms with E-state index in [0.29, 0.717) is 5.69 Å². The van der Waals surface area contributed by atoms with E-state index in [1.807, 2.05) is 12.3 Å². The fraction of sp³-hybridized carbons (Fsp3) is 0.100. The highest BCUT2D eigenvalue weighted by Gasteiger charge is 2.15. The molecule has 90 valence electrons. The second-order valence-corrected chi connectivity index (χ2v) is 5.83. The molecule has 0 aliphatic carbocycles. The first-order valence-corrected chi connectivity index (χ1v) is 7.48. The van der Waals surface area contributed by atoms with Crippen LogP contribution in [0.2, 0.25) is 0 Å². The number of aromatic nitrogens is 2. The summed E-state index contributed by atoms with van der Waals surface area (Å²) in [5.74, 6) is 0. The zero-order chi connectivity index (χ0) is 12.3. The van der Waals surface area contributed by atoms with Gasteiger partial charge in [0, 0.05) is 16.8 Å². The van der Waals surface area contributed by atoms with Crippen molar-refractivity contribution in [1.29, 1.82) is 0 Å². The molecule has 0 aliphatic heterocycles. The quantitative estimate of drug-likeness (QED) is 0.832. The van der Waals surface area contributed by atoms with E-state index >= 15 is 0 Å². The molecule has 7 heteroatoms. The average Bonchev–Trinajstić information content (AvgIpc) is 2.83. The van der Waals surface area contributed by atoms with E-state index in [9.17, 15) is 8.42 Å². The summed E-state index contributed by atoms with van der Waals surface area (Å²) in [7, 11) is -3.55. The summed E-state index contributed by atoms with van der Waals surface area (Å²) in [6.07, 6.45) is 4.53. The molecule has 2 rings (SSSR count). The van der Waals surface area contributed by atoms with Crippen LogP contribution in [0.3, 0.4) is 0 Å². The van der Waals surface area contributed by atoms with Crippen LogP contribution < -0.4 is 4.72 Å². The smallest absolute Gasteiger partial charge is 0.265 e. The minimum atomic E-state index is -3.55. The van der Waals surface area contributed by atoms with Gasteiger partial charge in [0.1, 0.15) is 4.90 Å². The third-order valence-corrected chi connectivity index (χ3v) is 4.18. The van der Waals surface area contributed by atoms with Crippen LogP contribution in [0.15, 0.2) is 46.5 Å². The number of nitrogens with zero attached hydrogens (tertiary/aromatic N) is 1. The summed E-state index contributed by atoms with van der Waals surface area (Å²) >= 11 is 1.55. The van der Waals surface area contributed by atoms with Gasteiger partial charge in [0.05, 0.1) is 6.20 Å². The van der Waals surface area contributed by atoms with Gasteiger partial charge in [-0.2, -0.15) is 5.10 Å². The zero-order valence-electron chi connectivity index (χ0n) is 9.04. The van der Waals surface area contributed by atoms with Crippen LogP contribution in [0, 0.1) is 0 Å². The Labute approximate surface area is 104 Å². The molecule has 0 saturated heterocycles. The molecule has 1 heterocycles. The van der Waals surface area contributed by atoms with E-state index in [2.05, 4.69) is 14.9 Å². The Morgan fingerprint density at radius 2 is 2.24 bits per heavy atom. The molecule has 0 radical (unpaired) electrons. The van der Waals surface area contributed by atoms with Crippen molar-refractivity contribution in [1.82, 2.24) is 10.2 Å². The number of hydrogen-bond donors (Lipinski definition) is 2. The number of hydrogen-bond acceptors (Lipinski definition) is 4. The van der Waals surface area contributed by atoms with Gasteiger partial charge in [0.15, 0.2) is 0 Å². The maximum absolute atomic E-state index is 11.9. The van der Waals surface area contributed by atoms with E-state index in [-0.39, 0.29) is 4.90 Å². The van der Waals surface area contributed by atoms with E-state index in [1.165, 1.54) is 12.4 Å². The Morgan fingerprint density at radius 3 is 2.88 bits per heavy atom. The highest BCUT2D eigenvalue weighted by atomic mass is 32.2. The van der Waals surface area contributed by atoms with Crippen molar-refractivity contribution in [2.75, 3.05) is 11.0 Å². The molecule has 1 aromatic carbocycles. The van der Waals surface area contributed by atoms with Crippen LogP contribution in [0.1, 0.15) is 0 Å². The van der Waals surface area contributed by atoms with Gasteiger partial charge in [-0.3, -0.25) is 9.82 Å². The highest BCUT2D eigenvalue weighted by molar-refractivity contribution is 7.98. The molecule has 2 N–H and O–H groups in total. The molecule has 0 fully saturated rings. The number of aromatic amines is 1. The molecule has 2 aromatic rings. The third kappa shape index (κ3) is 2.80. The van der Waals surface area contributed by atoms with E-state index in [0.717, 1.165) is 4.90 Å². The minimum Gasteiger partial charge on any atom is -0.284 e. The molecule has 0 saturated carbocycles. The molecule has 1 aromatic heterocycles. The number of nitrogens with one attached hydrogen (secondary N) is 2. The molecular formula is C10H11N3O2S2. The lowest BCUT2D eigenvalue weighted by Gasteiger charge is -2.06. The Morgan fingerprint density at radius 1 is 1.41 bits per heavy atom. The van der Waals surface area contributed by atoms with Crippen LogP contribution in [0.5, 0.6) is 0 Å². The maximum Gasteiger partial charge on any atom is 0.265 e. The summed E-state index contributed by atoms with van der Waals surface area (Å²) in [6, 6.07) is 7.21. The first-order valence-electron chi connectivity index (χ1n) is 4.77. The average molecular weight is 269 g/mol. The van der Waals surface area contributed by atoms with Gasteiger partial charge in [-0.1, -0.05) is 6.07 Å². The highest BCUT2D eigenvalue weighted by Crippen LogP contribution is 2.21. The van der Waals surface area contributed by atoms with Gasteiger partial charge in [-0.15, -0.1) is 11.8 Å². The van der Waals surface area contributed by atoms with Gasteiger partial charge in [0.2, 0.25) is 0 Å². The lowest BCUT2D eigenvalue weighted by Crippen LogP contribution is -2.12. The predicted molar refractivity (Wildman–Crippen MR) is 67.6 cm³/mol. The first kappa shape index (κ1) is 12.0. The zero-order valence-corrected chi connectivity index (χ0v) is 10.7. The molecule has 5 nitrogen and oxygen atoms in total. The van der Waals surface area contributed by atoms with Gasteiger partial charge < -0.3 is 0 Å². The van der Waals surface area contributed by atoms with Crippen LogP contribution >= 0.6 is 11.8 Å². The normalized spacial score (nSPS) is 11.4. The standard InChI is InChI=1S/C10H11N3O2S2/c1-16-9-4-2-3-8(5-9)13-17(14,15)10-6-11-12-7-10/h2-7,13H,1H3,(H,11,12). The minimum absolute atomic E-state index is 0.118. The summed E-state index contributed by atoms with van der Waals surface area (Å²) in [6.45, 7) is 0. The van der Waals surface area contributed by atoms with Crippen molar-refractivity contribution in [3.8, 4) is 0 Å². The van der Waals surface area contributed by atoms with Crippen LogP contribution in [0.25, 0.3) is 0 Å². The molecule has 17 heavy (non-hydrogen) atoms. The number of sulfonamides is 1. The lowest BCUT2D eigenvalue weighted by atomic mass is 10.3. The van der Waals surface area contributed by atoms with Crippen molar-refractivity contribution in [2.24, 2.45) is 0 Å². The van der Waals surface area contributed by atoms with Crippen molar-refractivity contribution in [2.45, 2.75) is 9.79 Å². The Kier molecular flexibility index (Phi) is 3.39. The fourth-order valence-corrected chi connectivity index (χ4v) is 2.70. The van der Waals surface area contributed by atoms with E-state index in [1.54, 1.807) is 30.0 Å². The molecule has 0 aliphatic rings. The van der Waals surface area contributed by atoms with Crippen LogP contribution in [-0.4, -0.2) is 24.9 Å². The topological polar surface area (TPSA) is 74.8 Å². The van der Waals surface area contributed by atoms with Crippen LogP contribution in [-0.2, 0) is 10.0 Å². The van der Waals surface area contributed by atoms with Gasteiger partial charge in [-0.05, 0) is 24.5 Å². The van der Waals surface area contributed by atoms with Gasteiger partial charge in [-0.25, -0.2) is 8.42 Å². The molecule has 0 spiro atoms. The lowest BCUT2D eigenvalue weighted by molar-refractivity contribution is 0.601. The number of anilines is 1. The number of H-pyrrole nitrogens is 1. The number of rotatable bonds is 4. The van der Waals surface area contributed by atoms with Crippen molar-refractivity contribution in [3.63, 3.8) is 0 Å². The summed E-state index contributed by atoms with van der Waals surface area (Å²) in [4.78, 5) is 1.12. The second-order valence-electron chi connectivity index (χ2n) is 3.27. The molecular weight excluding hydrogens is 258 g/mol. The Bertz CT molecular complexity index is 594. The second kappa shape index (κ2) is 4.80. The Hall–Kier alpha value is -1.47. The fourth-order valence-electron chi connectivity index (χ4n) is 1.29. The number of thioether (sulfide) groups is 1. The molecule has 0 bridgehead atoms.